The van der Waals surface area contributed by atoms with Crippen LogP contribution in [0.4, 0.5) is 0 Å². The first kappa shape index (κ1) is 11.1. The lowest BCUT2D eigenvalue weighted by atomic mass is 10.1. The summed E-state index contributed by atoms with van der Waals surface area (Å²) in [4.78, 5) is 6.37. The molecular formula is C11H19N3. The van der Waals surface area contributed by atoms with Crippen LogP contribution in [-0.2, 0) is 0 Å². The van der Waals surface area contributed by atoms with Gasteiger partial charge >= 0.3 is 0 Å². The zero-order valence-electron chi connectivity index (χ0n) is 8.98. The monoisotopic (exact) mass is 193 g/mol. The molecule has 1 aromatic rings. The highest BCUT2D eigenvalue weighted by molar-refractivity contribution is 5.14. The summed E-state index contributed by atoms with van der Waals surface area (Å²) in [7, 11) is 0. The van der Waals surface area contributed by atoms with Crippen LogP contribution in [0, 0.1) is 0 Å². The van der Waals surface area contributed by atoms with E-state index in [1.54, 1.807) is 0 Å². The molecule has 0 aromatic carbocycles. The standard InChI is InChI=1S/C11H19N3/c1-3-14(9-6-12)10(2)11-4-7-13-8-5-11/h4-5,7-8,10H,3,6,9,12H2,1-2H3. The molecule has 0 aliphatic rings. The second-order valence-electron chi connectivity index (χ2n) is 3.37. The van der Waals surface area contributed by atoms with Gasteiger partial charge in [-0.3, -0.25) is 9.88 Å². The summed E-state index contributed by atoms with van der Waals surface area (Å²) < 4.78 is 0. The SMILES string of the molecule is CCN(CCN)C(C)c1ccncc1. The average Bonchev–Trinajstić information content (AvgIpc) is 2.26. The fourth-order valence-corrected chi connectivity index (χ4v) is 1.64. The van der Waals surface area contributed by atoms with Gasteiger partial charge in [0.1, 0.15) is 0 Å². The second kappa shape index (κ2) is 5.73. The summed E-state index contributed by atoms with van der Waals surface area (Å²) >= 11 is 0. The molecule has 1 rings (SSSR count). The van der Waals surface area contributed by atoms with Crippen LogP contribution < -0.4 is 5.73 Å². The second-order valence-corrected chi connectivity index (χ2v) is 3.37. The Morgan fingerprint density at radius 1 is 1.43 bits per heavy atom. The van der Waals surface area contributed by atoms with Crippen LogP contribution >= 0.6 is 0 Å². The van der Waals surface area contributed by atoms with E-state index in [0.717, 1.165) is 13.1 Å². The van der Waals surface area contributed by atoms with E-state index in [1.165, 1.54) is 5.56 Å². The Kier molecular flexibility index (Phi) is 4.56. The first-order chi connectivity index (χ1) is 6.79. The molecule has 2 N–H and O–H groups in total. The molecule has 0 saturated heterocycles. The first-order valence-electron chi connectivity index (χ1n) is 5.13. The van der Waals surface area contributed by atoms with Crippen LogP contribution in [-0.4, -0.2) is 29.5 Å². The molecule has 3 nitrogen and oxygen atoms in total. The van der Waals surface area contributed by atoms with Gasteiger partial charge in [-0.05, 0) is 31.2 Å². The molecule has 0 fully saturated rings. The number of rotatable bonds is 5. The molecule has 0 spiro atoms. The topological polar surface area (TPSA) is 42.1 Å². The lowest BCUT2D eigenvalue weighted by molar-refractivity contribution is 0.228. The number of hydrogen-bond acceptors (Lipinski definition) is 3. The Labute approximate surface area is 85.9 Å². The Morgan fingerprint density at radius 3 is 2.57 bits per heavy atom. The summed E-state index contributed by atoms with van der Waals surface area (Å²) in [5, 5.41) is 0. The number of hydrogen-bond donors (Lipinski definition) is 1. The van der Waals surface area contributed by atoms with Crippen molar-refractivity contribution in [2.75, 3.05) is 19.6 Å². The maximum Gasteiger partial charge on any atom is 0.0321 e. The Bertz CT molecular complexity index is 248. The summed E-state index contributed by atoms with van der Waals surface area (Å²) in [5.41, 5.74) is 6.87. The van der Waals surface area contributed by atoms with Gasteiger partial charge in [0.05, 0.1) is 0 Å². The van der Waals surface area contributed by atoms with Crippen LogP contribution in [0.25, 0.3) is 0 Å². The van der Waals surface area contributed by atoms with Crippen LogP contribution in [0.2, 0.25) is 0 Å². The third-order valence-electron chi connectivity index (χ3n) is 2.56. The van der Waals surface area contributed by atoms with Crippen LogP contribution in [0.3, 0.4) is 0 Å². The zero-order chi connectivity index (χ0) is 10.4. The predicted octanol–water partition coefficient (Wildman–Crippen LogP) is 1.42. The van der Waals surface area contributed by atoms with Gasteiger partial charge in [-0.2, -0.15) is 0 Å². The van der Waals surface area contributed by atoms with Gasteiger partial charge < -0.3 is 5.73 Å². The molecular weight excluding hydrogens is 174 g/mol. The minimum atomic E-state index is 0.423. The van der Waals surface area contributed by atoms with Crippen molar-refractivity contribution >= 4 is 0 Å². The molecule has 1 unspecified atom stereocenters. The molecule has 0 amide bonds. The van der Waals surface area contributed by atoms with E-state index in [4.69, 9.17) is 5.73 Å². The minimum Gasteiger partial charge on any atom is -0.329 e. The smallest absolute Gasteiger partial charge is 0.0321 e. The van der Waals surface area contributed by atoms with Gasteiger partial charge in [0.2, 0.25) is 0 Å². The highest BCUT2D eigenvalue weighted by Crippen LogP contribution is 2.17. The average molecular weight is 193 g/mol. The lowest BCUT2D eigenvalue weighted by Crippen LogP contribution is -2.31. The Morgan fingerprint density at radius 2 is 2.07 bits per heavy atom. The first-order valence-corrected chi connectivity index (χ1v) is 5.13. The van der Waals surface area contributed by atoms with Crippen molar-refractivity contribution in [3.05, 3.63) is 30.1 Å². The normalized spacial score (nSPS) is 13.1. The zero-order valence-corrected chi connectivity index (χ0v) is 8.98. The van der Waals surface area contributed by atoms with Gasteiger partial charge in [0.15, 0.2) is 0 Å². The number of likely N-dealkylation sites (N-methyl/N-ethyl adjacent to an activating group) is 1. The number of pyridine rings is 1. The van der Waals surface area contributed by atoms with E-state index < -0.39 is 0 Å². The van der Waals surface area contributed by atoms with E-state index in [0.29, 0.717) is 12.6 Å². The molecule has 0 saturated carbocycles. The largest absolute Gasteiger partial charge is 0.329 e. The van der Waals surface area contributed by atoms with Crippen LogP contribution in [0.15, 0.2) is 24.5 Å². The van der Waals surface area contributed by atoms with E-state index in [1.807, 2.05) is 12.4 Å². The molecule has 0 aliphatic heterocycles. The summed E-state index contributed by atoms with van der Waals surface area (Å²) in [6.07, 6.45) is 3.67. The molecule has 1 heterocycles. The van der Waals surface area contributed by atoms with Crippen molar-refractivity contribution in [1.82, 2.24) is 9.88 Å². The molecule has 3 heteroatoms. The molecule has 14 heavy (non-hydrogen) atoms. The minimum absolute atomic E-state index is 0.423. The predicted molar refractivity (Wildman–Crippen MR) is 59.0 cm³/mol. The van der Waals surface area contributed by atoms with Crippen LogP contribution in [0.5, 0.6) is 0 Å². The van der Waals surface area contributed by atoms with Crippen molar-refractivity contribution < 1.29 is 0 Å². The third kappa shape index (κ3) is 2.79. The van der Waals surface area contributed by atoms with Crippen molar-refractivity contribution in [3.8, 4) is 0 Å². The fourth-order valence-electron chi connectivity index (χ4n) is 1.64. The van der Waals surface area contributed by atoms with E-state index in [9.17, 15) is 0 Å². The summed E-state index contributed by atoms with van der Waals surface area (Å²) in [6, 6.07) is 4.54. The van der Waals surface area contributed by atoms with E-state index in [2.05, 4.69) is 35.9 Å². The highest BCUT2D eigenvalue weighted by atomic mass is 15.1. The fraction of sp³-hybridized carbons (Fsp3) is 0.545. The Balaban J connectivity index is 2.67. The highest BCUT2D eigenvalue weighted by Gasteiger charge is 2.12. The number of aromatic nitrogens is 1. The molecule has 1 atom stereocenters. The molecule has 0 bridgehead atoms. The van der Waals surface area contributed by atoms with Crippen LogP contribution in [0.1, 0.15) is 25.5 Å². The van der Waals surface area contributed by atoms with Gasteiger partial charge in [-0.1, -0.05) is 6.92 Å². The van der Waals surface area contributed by atoms with E-state index in [-0.39, 0.29) is 0 Å². The van der Waals surface area contributed by atoms with Crippen molar-refractivity contribution in [2.45, 2.75) is 19.9 Å². The maximum absolute atomic E-state index is 5.57. The Hall–Kier alpha value is -0.930. The van der Waals surface area contributed by atoms with Gasteiger partial charge in [-0.25, -0.2) is 0 Å². The van der Waals surface area contributed by atoms with Gasteiger partial charge in [-0.15, -0.1) is 0 Å². The molecule has 1 aromatic heterocycles. The van der Waals surface area contributed by atoms with Crippen molar-refractivity contribution in [2.24, 2.45) is 5.73 Å². The lowest BCUT2D eigenvalue weighted by Gasteiger charge is -2.27. The van der Waals surface area contributed by atoms with E-state index >= 15 is 0 Å². The number of nitrogens with two attached hydrogens (primary N) is 1. The molecule has 0 radical (unpaired) electrons. The number of nitrogens with zero attached hydrogens (tertiary/aromatic N) is 2. The maximum atomic E-state index is 5.57. The van der Waals surface area contributed by atoms with Gasteiger partial charge in [0.25, 0.3) is 0 Å². The third-order valence-corrected chi connectivity index (χ3v) is 2.56. The molecule has 0 aliphatic carbocycles. The molecule has 78 valence electrons. The van der Waals surface area contributed by atoms with Crippen molar-refractivity contribution in [1.29, 1.82) is 0 Å². The van der Waals surface area contributed by atoms with Crippen molar-refractivity contribution in [3.63, 3.8) is 0 Å². The van der Waals surface area contributed by atoms with Gasteiger partial charge in [0, 0.05) is 31.5 Å². The quantitative estimate of drug-likeness (QED) is 0.769. The summed E-state index contributed by atoms with van der Waals surface area (Å²) in [5.74, 6) is 0. The summed E-state index contributed by atoms with van der Waals surface area (Å²) in [6.45, 7) is 7.05.